The van der Waals surface area contributed by atoms with Crippen LogP contribution in [0.4, 0.5) is 0 Å². The van der Waals surface area contributed by atoms with E-state index in [1.54, 1.807) is 6.20 Å². The molecule has 0 radical (unpaired) electrons. The zero-order valence-corrected chi connectivity index (χ0v) is 11.3. The van der Waals surface area contributed by atoms with Crippen molar-refractivity contribution in [3.8, 4) is 5.88 Å². The van der Waals surface area contributed by atoms with E-state index in [9.17, 15) is 0 Å². The fourth-order valence-corrected chi connectivity index (χ4v) is 1.46. The number of halogens is 1. The Morgan fingerprint density at radius 2 is 2.18 bits per heavy atom. The second-order valence-corrected chi connectivity index (χ2v) is 4.32. The topological polar surface area (TPSA) is 43.4 Å². The first-order valence-corrected chi connectivity index (χ1v) is 6.04. The van der Waals surface area contributed by atoms with E-state index >= 15 is 0 Å². The Morgan fingerprint density at radius 1 is 1.41 bits per heavy atom. The molecule has 0 saturated heterocycles. The maximum atomic E-state index is 6.00. The SMILES string of the molecule is CNCc1cc(OCCOC(C)C)ncc1Cl. The van der Waals surface area contributed by atoms with Crippen molar-refractivity contribution in [2.24, 2.45) is 0 Å². The van der Waals surface area contributed by atoms with Crippen LogP contribution in [-0.2, 0) is 11.3 Å². The van der Waals surface area contributed by atoms with E-state index in [1.807, 2.05) is 27.0 Å². The van der Waals surface area contributed by atoms with Crippen molar-refractivity contribution in [2.75, 3.05) is 20.3 Å². The molecule has 1 heterocycles. The summed E-state index contributed by atoms with van der Waals surface area (Å²) in [5.74, 6) is 0.576. The van der Waals surface area contributed by atoms with Crippen LogP contribution < -0.4 is 10.1 Å². The van der Waals surface area contributed by atoms with Crippen LogP contribution in [0.5, 0.6) is 5.88 Å². The van der Waals surface area contributed by atoms with Crippen molar-refractivity contribution in [1.29, 1.82) is 0 Å². The predicted octanol–water partition coefficient (Wildman–Crippen LogP) is 2.26. The highest BCUT2D eigenvalue weighted by atomic mass is 35.5. The number of ether oxygens (including phenoxy) is 2. The maximum absolute atomic E-state index is 6.00. The fourth-order valence-electron chi connectivity index (χ4n) is 1.29. The molecule has 0 aliphatic heterocycles. The molecular formula is C12H19ClN2O2. The molecule has 0 atom stereocenters. The highest BCUT2D eigenvalue weighted by molar-refractivity contribution is 6.31. The lowest BCUT2D eigenvalue weighted by Crippen LogP contribution is -2.12. The standard InChI is InChI=1S/C12H19ClN2O2/c1-9(2)16-4-5-17-12-6-10(7-14-3)11(13)8-15-12/h6,8-9,14H,4-5,7H2,1-3H3. The zero-order chi connectivity index (χ0) is 12.7. The van der Waals surface area contributed by atoms with Gasteiger partial charge in [0.25, 0.3) is 0 Å². The van der Waals surface area contributed by atoms with E-state index in [0.29, 0.717) is 30.7 Å². The molecule has 5 heteroatoms. The van der Waals surface area contributed by atoms with Gasteiger partial charge in [-0.05, 0) is 26.5 Å². The minimum absolute atomic E-state index is 0.219. The third-order valence-corrected chi connectivity index (χ3v) is 2.40. The van der Waals surface area contributed by atoms with Gasteiger partial charge in [-0.2, -0.15) is 0 Å². The lowest BCUT2D eigenvalue weighted by Gasteiger charge is -2.10. The van der Waals surface area contributed by atoms with Gasteiger partial charge in [0, 0.05) is 18.8 Å². The molecule has 1 aromatic heterocycles. The highest BCUT2D eigenvalue weighted by Gasteiger charge is 2.03. The zero-order valence-electron chi connectivity index (χ0n) is 10.5. The van der Waals surface area contributed by atoms with E-state index in [-0.39, 0.29) is 6.10 Å². The molecule has 0 unspecified atom stereocenters. The van der Waals surface area contributed by atoms with Crippen molar-refractivity contribution in [2.45, 2.75) is 26.5 Å². The smallest absolute Gasteiger partial charge is 0.213 e. The van der Waals surface area contributed by atoms with Crippen molar-refractivity contribution < 1.29 is 9.47 Å². The van der Waals surface area contributed by atoms with Crippen molar-refractivity contribution in [3.63, 3.8) is 0 Å². The van der Waals surface area contributed by atoms with Gasteiger partial charge in [0.1, 0.15) is 6.61 Å². The molecule has 0 aromatic carbocycles. The first-order chi connectivity index (χ1) is 8.13. The number of rotatable bonds is 7. The summed E-state index contributed by atoms with van der Waals surface area (Å²) < 4.78 is 10.8. The number of aromatic nitrogens is 1. The Morgan fingerprint density at radius 3 is 2.82 bits per heavy atom. The van der Waals surface area contributed by atoms with Crippen molar-refractivity contribution in [3.05, 3.63) is 22.8 Å². The quantitative estimate of drug-likeness (QED) is 0.762. The molecule has 0 spiro atoms. The second kappa shape index (κ2) is 7.48. The molecule has 96 valence electrons. The summed E-state index contributed by atoms with van der Waals surface area (Å²) in [6, 6.07) is 1.84. The summed E-state index contributed by atoms with van der Waals surface area (Å²) >= 11 is 6.00. The Labute approximate surface area is 107 Å². The molecule has 1 aromatic rings. The molecule has 1 N–H and O–H groups in total. The molecule has 0 aliphatic rings. The summed E-state index contributed by atoms with van der Waals surface area (Å²) in [6.45, 7) is 5.73. The first kappa shape index (κ1) is 14.2. The predicted molar refractivity (Wildman–Crippen MR) is 68.6 cm³/mol. The number of nitrogens with one attached hydrogen (secondary N) is 1. The van der Waals surface area contributed by atoms with Gasteiger partial charge in [0.05, 0.1) is 17.7 Å². The van der Waals surface area contributed by atoms with Crippen LogP contribution >= 0.6 is 11.6 Å². The van der Waals surface area contributed by atoms with Gasteiger partial charge >= 0.3 is 0 Å². The number of hydrogen-bond donors (Lipinski definition) is 1. The maximum Gasteiger partial charge on any atom is 0.213 e. The molecule has 0 aliphatic carbocycles. The molecule has 0 amide bonds. The lowest BCUT2D eigenvalue weighted by molar-refractivity contribution is 0.0542. The lowest BCUT2D eigenvalue weighted by atomic mass is 10.2. The first-order valence-electron chi connectivity index (χ1n) is 5.67. The molecule has 17 heavy (non-hydrogen) atoms. The Kier molecular flexibility index (Phi) is 6.26. The molecular weight excluding hydrogens is 240 g/mol. The van der Waals surface area contributed by atoms with E-state index in [1.165, 1.54) is 0 Å². The van der Waals surface area contributed by atoms with Gasteiger partial charge in [-0.3, -0.25) is 0 Å². The monoisotopic (exact) mass is 258 g/mol. The highest BCUT2D eigenvalue weighted by Crippen LogP contribution is 2.18. The third-order valence-electron chi connectivity index (χ3n) is 2.06. The Balaban J connectivity index is 2.45. The fraction of sp³-hybridized carbons (Fsp3) is 0.583. The molecule has 0 bridgehead atoms. The third kappa shape index (κ3) is 5.35. The van der Waals surface area contributed by atoms with Crippen LogP contribution in [0, 0.1) is 0 Å². The molecule has 4 nitrogen and oxygen atoms in total. The minimum Gasteiger partial charge on any atom is -0.475 e. The Hall–Kier alpha value is -0.840. The average molecular weight is 259 g/mol. The second-order valence-electron chi connectivity index (χ2n) is 3.91. The van der Waals surface area contributed by atoms with Crippen molar-refractivity contribution >= 4 is 11.6 Å². The van der Waals surface area contributed by atoms with Crippen LogP contribution in [0.3, 0.4) is 0 Å². The molecule has 1 rings (SSSR count). The summed E-state index contributed by atoms with van der Waals surface area (Å²) in [5, 5.41) is 3.69. The molecule has 0 saturated carbocycles. The van der Waals surface area contributed by atoms with E-state index in [2.05, 4.69) is 10.3 Å². The van der Waals surface area contributed by atoms with E-state index in [4.69, 9.17) is 21.1 Å². The van der Waals surface area contributed by atoms with Gasteiger partial charge in [0.15, 0.2) is 0 Å². The number of pyridine rings is 1. The van der Waals surface area contributed by atoms with Crippen LogP contribution in [0.2, 0.25) is 5.02 Å². The largest absolute Gasteiger partial charge is 0.475 e. The summed E-state index contributed by atoms with van der Waals surface area (Å²) in [4.78, 5) is 4.10. The number of nitrogens with zero attached hydrogens (tertiary/aromatic N) is 1. The molecule has 0 fully saturated rings. The summed E-state index contributed by atoms with van der Waals surface area (Å²) in [7, 11) is 1.87. The van der Waals surface area contributed by atoms with E-state index in [0.717, 1.165) is 5.56 Å². The van der Waals surface area contributed by atoms with E-state index < -0.39 is 0 Å². The van der Waals surface area contributed by atoms with Gasteiger partial charge in [-0.1, -0.05) is 11.6 Å². The Bertz CT molecular complexity index is 345. The van der Waals surface area contributed by atoms with Gasteiger partial charge in [-0.15, -0.1) is 0 Å². The normalized spacial score (nSPS) is 10.9. The van der Waals surface area contributed by atoms with Gasteiger partial charge < -0.3 is 14.8 Å². The summed E-state index contributed by atoms with van der Waals surface area (Å²) in [5.41, 5.74) is 0.976. The van der Waals surface area contributed by atoms with Crippen molar-refractivity contribution in [1.82, 2.24) is 10.3 Å². The average Bonchev–Trinajstić information content (AvgIpc) is 2.28. The van der Waals surface area contributed by atoms with Crippen LogP contribution in [0.1, 0.15) is 19.4 Å². The van der Waals surface area contributed by atoms with Crippen LogP contribution in [0.15, 0.2) is 12.3 Å². The van der Waals surface area contributed by atoms with Crippen LogP contribution in [-0.4, -0.2) is 31.3 Å². The minimum atomic E-state index is 0.219. The summed E-state index contributed by atoms with van der Waals surface area (Å²) in [6.07, 6.45) is 1.82. The number of hydrogen-bond acceptors (Lipinski definition) is 4. The van der Waals surface area contributed by atoms with Gasteiger partial charge in [-0.25, -0.2) is 4.98 Å². The van der Waals surface area contributed by atoms with Crippen LogP contribution in [0.25, 0.3) is 0 Å². The van der Waals surface area contributed by atoms with Gasteiger partial charge in [0.2, 0.25) is 5.88 Å².